The second-order valence-electron chi connectivity index (χ2n) is 6.90. The van der Waals surface area contributed by atoms with Crippen molar-refractivity contribution in [2.24, 2.45) is 5.10 Å². The summed E-state index contributed by atoms with van der Waals surface area (Å²) in [5, 5.41) is 8.85. The highest BCUT2D eigenvalue weighted by atomic mass is 19.1. The Balaban J connectivity index is 1.52. The zero-order valence-corrected chi connectivity index (χ0v) is 17.7. The van der Waals surface area contributed by atoms with E-state index in [2.05, 4.69) is 21.2 Å². The molecular formula is C24H21FN4O4. The molecule has 0 aliphatic rings. The Morgan fingerprint density at radius 1 is 0.909 bits per heavy atom. The normalized spacial score (nSPS) is 10.5. The van der Waals surface area contributed by atoms with Crippen LogP contribution in [-0.4, -0.2) is 30.5 Å². The van der Waals surface area contributed by atoms with Crippen molar-refractivity contribution in [2.45, 2.75) is 6.92 Å². The van der Waals surface area contributed by atoms with Crippen LogP contribution >= 0.6 is 0 Å². The average molecular weight is 448 g/mol. The maximum absolute atomic E-state index is 12.9. The summed E-state index contributed by atoms with van der Waals surface area (Å²) in [7, 11) is 0. The smallest absolute Gasteiger partial charge is 0.329 e. The summed E-state index contributed by atoms with van der Waals surface area (Å²) < 4.78 is 18.5. The Bertz CT molecular complexity index is 1180. The van der Waals surface area contributed by atoms with Crippen molar-refractivity contribution in [1.29, 1.82) is 0 Å². The number of anilines is 2. The molecule has 9 heteroatoms. The highest BCUT2D eigenvalue weighted by Gasteiger charge is 2.13. The lowest BCUT2D eigenvalue weighted by molar-refractivity contribution is -0.136. The van der Waals surface area contributed by atoms with Gasteiger partial charge >= 0.3 is 11.8 Å². The van der Waals surface area contributed by atoms with Crippen molar-refractivity contribution < 1.29 is 23.5 Å². The monoisotopic (exact) mass is 448 g/mol. The first-order valence-electron chi connectivity index (χ1n) is 9.89. The summed E-state index contributed by atoms with van der Waals surface area (Å²) in [6, 6.07) is 19.1. The molecule has 0 aliphatic carbocycles. The summed E-state index contributed by atoms with van der Waals surface area (Å²) in [6.45, 7) is 1.57. The number of hydrogen-bond donors (Lipinski definition) is 3. The lowest BCUT2D eigenvalue weighted by Crippen LogP contribution is -2.32. The van der Waals surface area contributed by atoms with Crippen LogP contribution in [0.5, 0.6) is 5.75 Å². The molecular weight excluding hydrogens is 427 g/mol. The number of nitrogens with one attached hydrogen (secondary N) is 3. The summed E-state index contributed by atoms with van der Waals surface area (Å²) in [5.41, 5.74) is 4.50. The van der Waals surface area contributed by atoms with Crippen LogP contribution in [0.4, 0.5) is 15.8 Å². The van der Waals surface area contributed by atoms with Gasteiger partial charge in [-0.15, -0.1) is 0 Å². The molecule has 0 radical (unpaired) electrons. The van der Waals surface area contributed by atoms with Crippen LogP contribution in [-0.2, 0) is 14.4 Å². The predicted octanol–water partition coefficient (Wildman–Crippen LogP) is 3.24. The summed E-state index contributed by atoms with van der Waals surface area (Å²) >= 11 is 0. The Kier molecular flexibility index (Phi) is 7.85. The van der Waals surface area contributed by atoms with Crippen molar-refractivity contribution in [2.75, 3.05) is 17.2 Å². The summed E-state index contributed by atoms with van der Waals surface area (Å²) in [5.74, 6) is -2.30. The molecule has 33 heavy (non-hydrogen) atoms. The minimum absolute atomic E-state index is 0.298. The van der Waals surface area contributed by atoms with Crippen LogP contribution in [0.1, 0.15) is 11.1 Å². The van der Waals surface area contributed by atoms with Crippen LogP contribution in [0.2, 0.25) is 0 Å². The third-order valence-corrected chi connectivity index (χ3v) is 4.26. The fraction of sp³-hybridized carbons (Fsp3) is 0.0833. The minimum Gasteiger partial charge on any atom is -0.483 e. The number of amides is 3. The molecule has 0 heterocycles. The number of nitrogens with zero attached hydrogens (tertiary/aromatic N) is 1. The lowest BCUT2D eigenvalue weighted by atomic mass is 10.2. The standard InChI is InChI=1S/C24H21FN4O4/c1-16-5-4-7-20(13-16)28-23(31)24(32)29-26-14-17-6-2-3-8-21(17)33-15-22(30)27-19-11-9-18(25)10-12-19/h2-14H,15H2,1H3,(H,27,30)(H,28,31)(H,29,32)/b26-14+. The van der Waals surface area contributed by atoms with Crippen molar-refractivity contribution >= 4 is 35.3 Å². The van der Waals surface area contributed by atoms with Gasteiger partial charge in [0, 0.05) is 16.9 Å². The molecule has 0 aliphatic heterocycles. The predicted molar refractivity (Wildman–Crippen MR) is 123 cm³/mol. The van der Waals surface area contributed by atoms with E-state index in [1.165, 1.54) is 30.5 Å². The van der Waals surface area contributed by atoms with E-state index in [4.69, 9.17) is 4.74 Å². The van der Waals surface area contributed by atoms with Crippen molar-refractivity contribution in [3.63, 3.8) is 0 Å². The van der Waals surface area contributed by atoms with Gasteiger partial charge in [-0.25, -0.2) is 9.82 Å². The Morgan fingerprint density at radius 3 is 2.42 bits per heavy atom. The number of para-hydroxylation sites is 1. The molecule has 0 saturated heterocycles. The Hall–Kier alpha value is -4.53. The molecule has 3 rings (SSSR count). The molecule has 3 amide bonds. The van der Waals surface area contributed by atoms with Crippen molar-refractivity contribution in [3.8, 4) is 5.75 Å². The second-order valence-corrected chi connectivity index (χ2v) is 6.90. The van der Waals surface area contributed by atoms with Gasteiger partial charge in [0.1, 0.15) is 11.6 Å². The van der Waals surface area contributed by atoms with E-state index >= 15 is 0 Å². The first kappa shape index (κ1) is 23.1. The largest absolute Gasteiger partial charge is 0.483 e. The van der Waals surface area contributed by atoms with Gasteiger partial charge in [0.05, 0.1) is 6.21 Å². The number of rotatable bonds is 7. The highest BCUT2D eigenvalue weighted by molar-refractivity contribution is 6.39. The van der Waals surface area contributed by atoms with Gasteiger partial charge in [-0.05, 0) is 61.0 Å². The molecule has 3 N–H and O–H groups in total. The first-order valence-corrected chi connectivity index (χ1v) is 9.89. The van der Waals surface area contributed by atoms with Crippen molar-refractivity contribution in [1.82, 2.24) is 5.43 Å². The zero-order chi connectivity index (χ0) is 23.6. The number of benzene rings is 3. The molecule has 0 aromatic heterocycles. The molecule has 0 spiro atoms. The first-order chi connectivity index (χ1) is 15.9. The number of halogens is 1. The highest BCUT2D eigenvalue weighted by Crippen LogP contribution is 2.16. The van der Waals surface area contributed by atoms with Crippen LogP contribution in [0.15, 0.2) is 77.9 Å². The second kappa shape index (κ2) is 11.2. The molecule has 168 valence electrons. The average Bonchev–Trinajstić information content (AvgIpc) is 2.80. The number of aryl methyl sites for hydroxylation is 1. The van der Waals surface area contributed by atoms with E-state index in [0.29, 0.717) is 22.7 Å². The maximum atomic E-state index is 12.9. The Labute approximate surface area is 189 Å². The molecule has 8 nitrogen and oxygen atoms in total. The van der Waals surface area contributed by atoms with Gasteiger partial charge < -0.3 is 15.4 Å². The summed E-state index contributed by atoms with van der Waals surface area (Å²) in [6.07, 6.45) is 1.30. The molecule has 0 atom stereocenters. The van der Waals surface area contributed by atoms with E-state index in [0.717, 1.165) is 5.56 Å². The third kappa shape index (κ3) is 7.28. The zero-order valence-electron chi connectivity index (χ0n) is 17.7. The maximum Gasteiger partial charge on any atom is 0.329 e. The molecule has 0 fully saturated rings. The Morgan fingerprint density at radius 2 is 1.67 bits per heavy atom. The van der Waals surface area contributed by atoms with Gasteiger partial charge in [0.15, 0.2) is 6.61 Å². The quantitative estimate of drug-likeness (QED) is 0.293. The van der Waals surface area contributed by atoms with Crippen molar-refractivity contribution in [3.05, 3.63) is 89.7 Å². The van der Waals surface area contributed by atoms with Gasteiger partial charge in [0.25, 0.3) is 5.91 Å². The van der Waals surface area contributed by atoms with E-state index in [1.807, 2.05) is 13.0 Å². The van der Waals surface area contributed by atoms with Crippen LogP contribution in [0.25, 0.3) is 0 Å². The molecule has 0 unspecified atom stereocenters. The molecule has 3 aromatic carbocycles. The third-order valence-electron chi connectivity index (χ3n) is 4.26. The van der Waals surface area contributed by atoms with E-state index in [9.17, 15) is 18.8 Å². The topological polar surface area (TPSA) is 109 Å². The lowest BCUT2D eigenvalue weighted by Gasteiger charge is -2.09. The van der Waals surface area contributed by atoms with E-state index in [-0.39, 0.29) is 6.61 Å². The van der Waals surface area contributed by atoms with Crippen LogP contribution in [0.3, 0.4) is 0 Å². The minimum atomic E-state index is -0.940. The fourth-order valence-corrected chi connectivity index (χ4v) is 2.71. The fourth-order valence-electron chi connectivity index (χ4n) is 2.71. The SMILES string of the molecule is Cc1cccc(NC(=O)C(=O)N/N=C/c2ccccc2OCC(=O)Nc2ccc(F)cc2)c1. The number of ether oxygens (including phenoxy) is 1. The van der Waals surface area contributed by atoms with Crippen LogP contribution < -0.4 is 20.8 Å². The number of hydrazone groups is 1. The molecule has 0 saturated carbocycles. The van der Waals surface area contributed by atoms with Gasteiger partial charge in [0.2, 0.25) is 0 Å². The van der Waals surface area contributed by atoms with Gasteiger partial charge in [-0.1, -0.05) is 24.3 Å². The number of carbonyl (C=O) groups excluding carboxylic acids is 3. The number of hydrogen-bond acceptors (Lipinski definition) is 5. The molecule has 3 aromatic rings. The van der Waals surface area contributed by atoms with E-state index in [1.54, 1.807) is 42.5 Å². The van der Waals surface area contributed by atoms with E-state index < -0.39 is 23.5 Å². The van der Waals surface area contributed by atoms with Crippen LogP contribution in [0, 0.1) is 12.7 Å². The number of carbonyl (C=O) groups is 3. The van der Waals surface area contributed by atoms with Gasteiger partial charge in [-0.2, -0.15) is 5.10 Å². The summed E-state index contributed by atoms with van der Waals surface area (Å²) in [4.78, 5) is 36.0. The molecule has 0 bridgehead atoms. The van der Waals surface area contributed by atoms with Gasteiger partial charge in [-0.3, -0.25) is 14.4 Å².